The van der Waals surface area contributed by atoms with Crippen LogP contribution in [0.4, 0.5) is 5.13 Å². The van der Waals surface area contributed by atoms with Gasteiger partial charge in [0.25, 0.3) is 0 Å². The highest BCUT2D eigenvalue weighted by Gasteiger charge is 2.40. The van der Waals surface area contributed by atoms with Gasteiger partial charge in [0.15, 0.2) is 0 Å². The Kier molecular flexibility index (Phi) is 6.17. The van der Waals surface area contributed by atoms with Gasteiger partial charge in [-0.2, -0.15) is 0 Å². The van der Waals surface area contributed by atoms with E-state index in [1.807, 2.05) is 24.3 Å². The molecule has 1 heterocycles. The first kappa shape index (κ1) is 19.5. The zero-order chi connectivity index (χ0) is 17.4. The number of amides is 1. The molecule has 0 aliphatic heterocycles. The number of carbonyl (C=O) groups is 1. The monoisotopic (exact) mass is 412 g/mol. The minimum atomic E-state index is 0. The highest BCUT2D eigenvalue weighted by atomic mass is 35.5. The molecule has 2 aliphatic carbocycles. The summed E-state index contributed by atoms with van der Waals surface area (Å²) in [5.41, 5.74) is 7.22. The van der Waals surface area contributed by atoms with Crippen LogP contribution < -0.4 is 11.1 Å². The van der Waals surface area contributed by atoms with Crippen molar-refractivity contribution in [1.29, 1.82) is 0 Å². The summed E-state index contributed by atoms with van der Waals surface area (Å²) in [6, 6.07) is 7.74. The number of aromatic nitrogens is 2. The molecule has 1 aromatic carbocycles. The van der Waals surface area contributed by atoms with Gasteiger partial charge in [0.1, 0.15) is 5.01 Å². The molecular formula is C18H22Cl2N4OS. The number of hydrogen-bond acceptors (Lipinski definition) is 5. The van der Waals surface area contributed by atoms with Gasteiger partial charge in [0.2, 0.25) is 11.0 Å². The summed E-state index contributed by atoms with van der Waals surface area (Å²) in [5, 5.41) is 13.2. The fourth-order valence-electron chi connectivity index (χ4n) is 4.22. The van der Waals surface area contributed by atoms with Crippen LogP contribution >= 0.6 is 35.3 Å². The molecule has 5 nitrogen and oxygen atoms in total. The molecule has 2 unspecified atom stereocenters. The number of nitrogens with one attached hydrogen (secondary N) is 1. The number of fused-ring (bicyclic) bond motifs is 2. The first-order chi connectivity index (χ1) is 12.1. The average Bonchev–Trinajstić information content (AvgIpc) is 3.03. The Morgan fingerprint density at radius 1 is 1.23 bits per heavy atom. The summed E-state index contributed by atoms with van der Waals surface area (Å²) in [5.74, 6) is 1.06. The third-order valence-electron chi connectivity index (χ3n) is 5.51. The molecule has 8 heteroatoms. The Hall–Kier alpha value is -1.21. The lowest BCUT2D eigenvalue weighted by atomic mass is 9.65. The first-order valence-corrected chi connectivity index (χ1v) is 9.95. The van der Waals surface area contributed by atoms with E-state index < -0.39 is 0 Å². The number of rotatable bonds is 3. The van der Waals surface area contributed by atoms with E-state index in [0.29, 0.717) is 22.0 Å². The van der Waals surface area contributed by atoms with Crippen LogP contribution in [0.15, 0.2) is 24.3 Å². The molecule has 2 bridgehead atoms. The second-order valence-electron chi connectivity index (χ2n) is 7.11. The SMILES string of the molecule is Cl.NC1C2CCCC1CC(C(=O)Nc1nnc(-c3cccc(Cl)c3)s1)C2. The highest BCUT2D eigenvalue weighted by Crippen LogP contribution is 2.42. The quantitative estimate of drug-likeness (QED) is 0.783. The number of nitrogens with two attached hydrogens (primary N) is 1. The molecule has 2 aromatic rings. The Morgan fingerprint density at radius 2 is 1.96 bits per heavy atom. The summed E-state index contributed by atoms with van der Waals surface area (Å²) in [4.78, 5) is 12.7. The number of nitrogens with zero attached hydrogens (tertiary/aromatic N) is 2. The second-order valence-corrected chi connectivity index (χ2v) is 8.52. The maximum Gasteiger partial charge on any atom is 0.229 e. The predicted molar refractivity (Wildman–Crippen MR) is 108 cm³/mol. The van der Waals surface area contributed by atoms with E-state index in [4.69, 9.17) is 17.3 Å². The van der Waals surface area contributed by atoms with Crippen LogP contribution in [0.5, 0.6) is 0 Å². The van der Waals surface area contributed by atoms with Gasteiger partial charge in [-0.25, -0.2) is 0 Å². The molecule has 0 saturated heterocycles. The van der Waals surface area contributed by atoms with Gasteiger partial charge < -0.3 is 11.1 Å². The fraction of sp³-hybridized carbons (Fsp3) is 0.500. The lowest BCUT2D eigenvalue weighted by Gasteiger charge is -2.43. The number of carbonyl (C=O) groups excluding carboxylic acids is 1. The van der Waals surface area contributed by atoms with E-state index in [1.54, 1.807) is 0 Å². The Labute approximate surface area is 168 Å². The normalized spacial score (nSPS) is 27.5. The molecule has 4 rings (SSSR count). The van der Waals surface area contributed by atoms with Gasteiger partial charge in [0, 0.05) is 22.5 Å². The third-order valence-corrected chi connectivity index (χ3v) is 6.63. The van der Waals surface area contributed by atoms with Crippen molar-refractivity contribution >= 4 is 46.4 Å². The maximum absolute atomic E-state index is 12.7. The van der Waals surface area contributed by atoms with Crippen molar-refractivity contribution in [2.24, 2.45) is 23.5 Å². The number of halogens is 2. The Bertz CT molecular complexity index is 770. The molecule has 2 atom stereocenters. The first-order valence-electron chi connectivity index (χ1n) is 8.76. The Balaban J connectivity index is 0.00000196. The van der Waals surface area contributed by atoms with Gasteiger partial charge in [-0.3, -0.25) is 4.79 Å². The standard InChI is InChI=1S/C18H21ClN4OS.ClH/c19-14-6-2-5-12(9-14)17-22-23-18(25-17)21-16(24)13-7-10-3-1-4-11(8-13)15(10)20;/h2,5-6,9-11,13,15H,1,3-4,7-8,20H2,(H,21,23,24);1H. The summed E-state index contributed by atoms with van der Waals surface area (Å²) in [7, 11) is 0. The van der Waals surface area contributed by atoms with Crippen LogP contribution in [-0.4, -0.2) is 22.1 Å². The summed E-state index contributed by atoms with van der Waals surface area (Å²) < 4.78 is 0. The van der Waals surface area contributed by atoms with Gasteiger partial charge in [-0.1, -0.05) is 41.5 Å². The van der Waals surface area contributed by atoms with Crippen LogP contribution in [-0.2, 0) is 4.79 Å². The van der Waals surface area contributed by atoms with Crippen LogP contribution in [0.1, 0.15) is 32.1 Å². The van der Waals surface area contributed by atoms with Crippen molar-refractivity contribution < 1.29 is 4.79 Å². The van der Waals surface area contributed by atoms with Crippen molar-refractivity contribution in [3.8, 4) is 10.6 Å². The summed E-state index contributed by atoms with van der Waals surface area (Å²) >= 11 is 7.39. The van der Waals surface area contributed by atoms with E-state index in [1.165, 1.54) is 17.8 Å². The minimum Gasteiger partial charge on any atom is -0.327 e. The summed E-state index contributed by atoms with van der Waals surface area (Å²) in [6.07, 6.45) is 5.34. The van der Waals surface area contributed by atoms with Crippen LogP contribution in [0.2, 0.25) is 5.02 Å². The van der Waals surface area contributed by atoms with Crippen molar-refractivity contribution in [1.82, 2.24) is 10.2 Å². The zero-order valence-electron chi connectivity index (χ0n) is 14.2. The summed E-state index contributed by atoms with van der Waals surface area (Å²) in [6.45, 7) is 0. The van der Waals surface area contributed by atoms with Gasteiger partial charge >= 0.3 is 0 Å². The molecule has 3 N–H and O–H groups in total. The predicted octanol–water partition coefficient (Wildman–Crippen LogP) is 4.37. The second kappa shape index (κ2) is 8.21. The number of benzene rings is 1. The lowest BCUT2D eigenvalue weighted by Crippen LogP contribution is -2.48. The number of anilines is 1. The van der Waals surface area contributed by atoms with Crippen molar-refractivity contribution in [3.05, 3.63) is 29.3 Å². The van der Waals surface area contributed by atoms with E-state index in [9.17, 15) is 4.79 Å². The fourth-order valence-corrected chi connectivity index (χ4v) is 5.16. The van der Waals surface area contributed by atoms with Crippen LogP contribution in [0.25, 0.3) is 10.6 Å². The van der Waals surface area contributed by atoms with E-state index in [0.717, 1.165) is 36.3 Å². The molecule has 2 aliphatic rings. The van der Waals surface area contributed by atoms with E-state index in [-0.39, 0.29) is 30.3 Å². The molecule has 1 amide bonds. The van der Waals surface area contributed by atoms with Crippen molar-refractivity contribution in [2.75, 3.05) is 5.32 Å². The van der Waals surface area contributed by atoms with Gasteiger partial charge in [-0.05, 0) is 49.7 Å². The smallest absolute Gasteiger partial charge is 0.229 e. The molecule has 2 fully saturated rings. The Morgan fingerprint density at radius 3 is 2.65 bits per heavy atom. The van der Waals surface area contributed by atoms with E-state index in [2.05, 4.69) is 15.5 Å². The topological polar surface area (TPSA) is 80.9 Å². The zero-order valence-corrected chi connectivity index (χ0v) is 16.6. The average molecular weight is 413 g/mol. The molecular weight excluding hydrogens is 391 g/mol. The van der Waals surface area contributed by atoms with Gasteiger partial charge in [0.05, 0.1) is 0 Å². The molecule has 2 saturated carbocycles. The lowest BCUT2D eigenvalue weighted by molar-refractivity contribution is -0.122. The molecule has 1 aromatic heterocycles. The highest BCUT2D eigenvalue weighted by molar-refractivity contribution is 7.18. The molecule has 26 heavy (non-hydrogen) atoms. The molecule has 0 spiro atoms. The molecule has 140 valence electrons. The van der Waals surface area contributed by atoms with Crippen molar-refractivity contribution in [2.45, 2.75) is 38.1 Å². The maximum atomic E-state index is 12.7. The minimum absolute atomic E-state index is 0. The third kappa shape index (κ3) is 4.03. The van der Waals surface area contributed by atoms with Crippen LogP contribution in [0.3, 0.4) is 0 Å². The van der Waals surface area contributed by atoms with E-state index >= 15 is 0 Å². The molecule has 0 radical (unpaired) electrons. The van der Waals surface area contributed by atoms with Gasteiger partial charge in [-0.15, -0.1) is 22.6 Å². The largest absolute Gasteiger partial charge is 0.327 e. The number of hydrogen-bond donors (Lipinski definition) is 2. The van der Waals surface area contributed by atoms with Crippen LogP contribution in [0, 0.1) is 17.8 Å². The van der Waals surface area contributed by atoms with Crippen molar-refractivity contribution in [3.63, 3.8) is 0 Å².